The number of para-hydroxylation sites is 1. The Morgan fingerprint density at radius 3 is 2.88 bits per heavy atom. The van der Waals surface area contributed by atoms with Crippen molar-refractivity contribution in [3.8, 4) is 11.5 Å². The highest BCUT2D eigenvalue weighted by molar-refractivity contribution is 7.98. The number of rotatable bonds is 0. The Labute approximate surface area is 103 Å². The molecule has 1 aliphatic rings. The zero-order chi connectivity index (χ0) is 11.0. The maximum Gasteiger partial charge on any atom is 0.141 e. The summed E-state index contributed by atoms with van der Waals surface area (Å²) in [5.74, 6) is 2.72. The number of fused-ring (bicyclic) bond motifs is 2. The van der Waals surface area contributed by atoms with Gasteiger partial charge in [-0.2, -0.15) is 0 Å². The van der Waals surface area contributed by atoms with Crippen LogP contribution in [0.15, 0.2) is 47.4 Å². The molecule has 1 aliphatic heterocycles. The quantitative estimate of drug-likeness (QED) is 0.666. The zero-order valence-electron chi connectivity index (χ0n) is 8.44. The van der Waals surface area contributed by atoms with Crippen LogP contribution in [-0.2, 0) is 5.75 Å². The van der Waals surface area contributed by atoms with Crippen LogP contribution in [0.2, 0.25) is 5.02 Å². The topological polar surface area (TPSA) is 9.23 Å². The number of benzene rings is 2. The average Bonchev–Trinajstić information content (AvgIpc) is 2.48. The van der Waals surface area contributed by atoms with Gasteiger partial charge in [0, 0.05) is 16.3 Å². The Hall–Kier alpha value is -1.12. The lowest BCUT2D eigenvalue weighted by molar-refractivity contribution is 0.469. The van der Waals surface area contributed by atoms with Gasteiger partial charge in [-0.1, -0.05) is 23.7 Å². The zero-order valence-corrected chi connectivity index (χ0v) is 10.0. The molecule has 0 aromatic heterocycles. The number of ether oxygens (including phenoxy) is 1. The largest absolute Gasteiger partial charge is 0.456 e. The molecule has 0 bridgehead atoms. The molecular formula is C13H9ClOS. The van der Waals surface area contributed by atoms with Gasteiger partial charge in [-0.3, -0.25) is 0 Å². The van der Waals surface area contributed by atoms with Crippen LogP contribution in [0.4, 0.5) is 0 Å². The van der Waals surface area contributed by atoms with E-state index in [2.05, 4.69) is 6.07 Å². The van der Waals surface area contributed by atoms with Crippen molar-refractivity contribution in [2.45, 2.75) is 10.6 Å². The van der Waals surface area contributed by atoms with Crippen LogP contribution >= 0.6 is 23.4 Å². The Morgan fingerprint density at radius 2 is 1.94 bits per heavy atom. The first-order valence-electron chi connectivity index (χ1n) is 5.01. The van der Waals surface area contributed by atoms with Crippen molar-refractivity contribution in [2.24, 2.45) is 0 Å². The van der Waals surface area contributed by atoms with E-state index in [1.54, 1.807) is 11.8 Å². The van der Waals surface area contributed by atoms with E-state index in [0.717, 1.165) is 27.8 Å². The molecule has 0 amide bonds. The van der Waals surface area contributed by atoms with E-state index in [9.17, 15) is 0 Å². The first kappa shape index (κ1) is 10.1. The normalized spacial score (nSPS) is 13.3. The first-order valence-corrected chi connectivity index (χ1v) is 6.37. The predicted molar refractivity (Wildman–Crippen MR) is 67.5 cm³/mol. The fourth-order valence-electron chi connectivity index (χ4n) is 1.69. The summed E-state index contributed by atoms with van der Waals surface area (Å²) in [7, 11) is 0. The predicted octanol–water partition coefficient (Wildman–Crippen LogP) is 4.74. The van der Waals surface area contributed by atoms with Gasteiger partial charge in [-0.25, -0.2) is 0 Å². The number of halogens is 1. The summed E-state index contributed by atoms with van der Waals surface area (Å²) in [5, 5.41) is 0.758. The molecule has 0 atom stereocenters. The van der Waals surface area contributed by atoms with Crippen LogP contribution in [0.5, 0.6) is 11.5 Å². The fraction of sp³-hybridized carbons (Fsp3) is 0.0769. The van der Waals surface area contributed by atoms with Gasteiger partial charge < -0.3 is 4.74 Å². The number of hydrogen-bond acceptors (Lipinski definition) is 2. The molecule has 2 aromatic carbocycles. The second-order valence-corrected chi connectivity index (χ2v) is 5.04. The lowest BCUT2D eigenvalue weighted by Gasteiger charge is -2.07. The standard InChI is InChI=1S/C13H9ClOS/c14-10-5-6-11-9(7-10)8-16-13-4-2-1-3-12(13)15-11/h1-7H,8H2. The monoisotopic (exact) mass is 248 g/mol. The minimum atomic E-state index is 0.758. The van der Waals surface area contributed by atoms with Gasteiger partial charge in [0.05, 0.1) is 4.90 Å². The second-order valence-electron chi connectivity index (χ2n) is 3.59. The molecule has 0 N–H and O–H groups in total. The van der Waals surface area contributed by atoms with Crippen molar-refractivity contribution in [3.05, 3.63) is 53.1 Å². The van der Waals surface area contributed by atoms with E-state index in [-0.39, 0.29) is 0 Å². The summed E-state index contributed by atoms with van der Waals surface area (Å²) >= 11 is 7.75. The van der Waals surface area contributed by atoms with Crippen molar-refractivity contribution < 1.29 is 4.74 Å². The highest BCUT2D eigenvalue weighted by Gasteiger charge is 2.14. The van der Waals surface area contributed by atoms with Gasteiger partial charge in [-0.15, -0.1) is 11.8 Å². The van der Waals surface area contributed by atoms with Gasteiger partial charge in [0.15, 0.2) is 0 Å². The second kappa shape index (κ2) is 4.04. The van der Waals surface area contributed by atoms with Crippen molar-refractivity contribution in [3.63, 3.8) is 0 Å². The molecule has 0 spiro atoms. The van der Waals surface area contributed by atoms with Crippen molar-refractivity contribution in [1.82, 2.24) is 0 Å². The smallest absolute Gasteiger partial charge is 0.141 e. The fourth-order valence-corrected chi connectivity index (χ4v) is 2.85. The summed E-state index contributed by atoms with van der Waals surface area (Å²) < 4.78 is 5.88. The van der Waals surface area contributed by atoms with Crippen molar-refractivity contribution in [2.75, 3.05) is 0 Å². The van der Waals surface area contributed by atoms with Gasteiger partial charge in [-0.05, 0) is 30.3 Å². The molecule has 0 unspecified atom stereocenters. The van der Waals surface area contributed by atoms with E-state index in [1.165, 1.54) is 4.90 Å². The molecule has 0 fully saturated rings. The van der Waals surface area contributed by atoms with Crippen LogP contribution in [0.3, 0.4) is 0 Å². The molecule has 1 nitrogen and oxygen atoms in total. The minimum Gasteiger partial charge on any atom is -0.456 e. The molecule has 80 valence electrons. The lowest BCUT2D eigenvalue weighted by Crippen LogP contribution is -1.87. The third-order valence-electron chi connectivity index (χ3n) is 2.47. The van der Waals surface area contributed by atoms with Gasteiger partial charge in [0.2, 0.25) is 0 Å². The highest BCUT2D eigenvalue weighted by Crippen LogP contribution is 2.41. The lowest BCUT2D eigenvalue weighted by atomic mass is 10.2. The molecule has 0 radical (unpaired) electrons. The molecule has 0 saturated heterocycles. The van der Waals surface area contributed by atoms with Crippen LogP contribution in [0.25, 0.3) is 0 Å². The van der Waals surface area contributed by atoms with Crippen molar-refractivity contribution in [1.29, 1.82) is 0 Å². The Kier molecular flexibility index (Phi) is 2.54. The third kappa shape index (κ3) is 1.79. The van der Waals surface area contributed by atoms with Crippen LogP contribution in [0.1, 0.15) is 5.56 Å². The molecular weight excluding hydrogens is 240 g/mol. The van der Waals surface area contributed by atoms with E-state index in [0.29, 0.717) is 0 Å². The molecule has 3 heteroatoms. The molecule has 3 rings (SSSR count). The van der Waals surface area contributed by atoms with E-state index in [4.69, 9.17) is 16.3 Å². The Bertz CT molecular complexity index is 539. The molecule has 0 aliphatic carbocycles. The number of thioether (sulfide) groups is 1. The van der Waals surface area contributed by atoms with Gasteiger partial charge >= 0.3 is 0 Å². The average molecular weight is 249 g/mol. The van der Waals surface area contributed by atoms with Crippen LogP contribution < -0.4 is 4.74 Å². The number of hydrogen-bond donors (Lipinski definition) is 0. The van der Waals surface area contributed by atoms with E-state index >= 15 is 0 Å². The van der Waals surface area contributed by atoms with Crippen molar-refractivity contribution >= 4 is 23.4 Å². The Morgan fingerprint density at radius 1 is 1.06 bits per heavy atom. The van der Waals surface area contributed by atoms with Gasteiger partial charge in [0.1, 0.15) is 11.5 Å². The summed E-state index contributed by atoms with van der Waals surface area (Å²) in [6.07, 6.45) is 0. The third-order valence-corrected chi connectivity index (χ3v) is 3.81. The maximum atomic E-state index is 5.98. The first-order chi connectivity index (χ1) is 7.83. The summed E-state index contributed by atoms with van der Waals surface area (Å²) in [5.41, 5.74) is 1.15. The molecule has 0 saturated carbocycles. The van der Waals surface area contributed by atoms with Gasteiger partial charge in [0.25, 0.3) is 0 Å². The highest BCUT2D eigenvalue weighted by atomic mass is 35.5. The summed E-state index contributed by atoms with van der Waals surface area (Å²) in [4.78, 5) is 1.18. The van der Waals surface area contributed by atoms with E-state index in [1.807, 2.05) is 36.4 Å². The Balaban J connectivity index is 2.08. The SMILES string of the molecule is Clc1ccc2c(c1)CSc1ccccc1O2. The van der Waals surface area contributed by atoms with Crippen LogP contribution in [-0.4, -0.2) is 0 Å². The van der Waals surface area contributed by atoms with Crippen LogP contribution in [0, 0.1) is 0 Å². The minimum absolute atomic E-state index is 0.758. The summed E-state index contributed by atoms with van der Waals surface area (Å²) in [6.45, 7) is 0. The molecule has 2 aromatic rings. The summed E-state index contributed by atoms with van der Waals surface area (Å²) in [6, 6.07) is 13.8. The molecule has 1 heterocycles. The molecule has 16 heavy (non-hydrogen) atoms. The maximum absolute atomic E-state index is 5.98. The van der Waals surface area contributed by atoms with E-state index < -0.39 is 0 Å².